The summed E-state index contributed by atoms with van der Waals surface area (Å²) in [6.07, 6.45) is 4.64. The van der Waals surface area contributed by atoms with E-state index in [0.717, 1.165) is 35.1 Å². The lowest BCUT2D eigenvalue weighted by Crippen LogP contribution is -2.36. The number of fused-ring (bicyclic) bond motifs is 3. The number of hydrogen-bond acceptors (Lipinski definition) is 5. The zero-order chi connectivity index (χ0) is 27.7. The van der Waals surface area contributed by atoms with E-state index < -0.39 is 11.9 Å². The summed E-state index contributed by atoms with van der Waals surface area (Å²) >= 11 is 6.34. The van der Waals surface area contributed by atoms with Crippen LogP contribution in [-0.4, -0.2) is 35.7 Å². The van der Waals surface area contributed by atoms with Crippen molar-refractivity contribution in [3.63, 3.8) is 0 Å². The van der Waals surface area contributed by atoms with Gasteiger partial charge in [0.25, 0.3) is 5.56 Å². The molecule has 0 bridgehead atoms. The van der Waals surface area contributed by atoms with Crippen LogP contribution in [-0.2, 0) is 27.3 Å². The molecule has 2 amide bonds. The minimum atomic E-state index is -0.828. The lowest BCUT2D eigenvalue weighted by Gasteiger charge is -2.27. The van der Waals surface area contributed by atoms with E-state index in [-0.39, 0.29) is 23.7 Å². The molecule has 3 atom stereocenters. The largest absolute Gasteiger partial charge is 0.381 e. The summed E-state index contributed by atoms with van der Waals surface area (Å²) in [4.78, 5) is 38.8. The number of nitrogens with zero attached hydrogens (tertiary/aromatic N) is 1. The summed E-state index contributed by atoms with van der Waals surface area (Å²) in [5, 5.41) is 3.49. The van der Waals surface area contributed by atoms with Crippen LogP contribution in [0.15, 0.2) is 59.5 Å². The van der Waals surface area contributed by atoms with E-state index in [1.54, 1.807) is 43.6 Å². The fourth-order valence-electron chi connectivity index (χ4n) is 5.24. The van der Waals surface area contributed by atoms with E-state index in [4.69, 9.17) is 26.8 Å². The van der Waals surface area contributed by atoms with Crippen molar-refractivity contribution >= 4 is 29.1 Å². The smallest absolute Gasteiger partial charge is 0.251 e. The maximum absolute atomic E-state index is 13.7. The van der Waals surface area contributed by atoms with Crippen LogP contribution in [0, 0.1) is 5.92 Å². The van der Waals surface area contributed by atoms with Gasteiger partial charge in [0.1, 0.15) is 6.04 Å². The van der Waals surface area contributed by atoms with Crippen molar-refractivity contribution in [1.29, 1.82) is 0 Å². The molecule has 2 heterocycles. The van der Waals surface area contributed by atoms with Gasteiger partial charge in [0.2, 0.25) is 11.8 Å². The zero-order valence-electron chi connectivity index (χ0n) is 22.0. The first kappa shape index (κ1) is 27.1. The highest BCUT2D eigenvalue weighted by atomic mass is 35.5. The predicted molar refractivity (Wildman–Crippen MR) is 150 cm³/mol. The maximum atomic E-state index is 13.7. The van der Waals surface area contributed by atoms with Gasteiger partial charge in [-0.1, -0.05) is 17.7 Å². The summed E-state index contributed by atoms with van der Waals surface area (Å²) in [5.74, 6) is -0.543. The van der Waals surface area contributed by atoms with Crippen LogP contribution in [0.1, 0.15) is 53.7 Å². The fourth-order valence-corrected chi connectivity index (χ4v) is 5.41. The average Bonchev–Trinajstić information content (AvgIpc) is 3.75. The highest BCUT2D eigenvalue weighted by Gasteiger charge is 2.36. The fraction of sp³-hybridized carbons (Fsp3) is 0.367. The molecule has 1 aliphatic carbocycles. The van der Waals surface area contributed by atoms with Crippen LogP contribution in [0.4, 0.5) is 5.69 Å². The summed E-state index contributed by atoms with van der Waals surface area (Å²) < 4.78 is 13.3. The monoisotopic (exact) mass is 549 g/mol. The van der Waals surface area contributed by atoms with Gasteiger partial charge < -0.3 is 25.1 Å². The lowest BCUT2D eigenvalue weighted by atomic mass is 9.92. The Kier molecular flexibility index (Phi) is 7.88. The molecule has 2 aromatic carbocycles. The number of nitrogens with one attached hydrogen (secondary N) is 1. The summed E-state index contributed by atoms with van der Waals surface area (Å²) in [6, 6.07) is 12.8. The Labute approximate surface area is 232 Å². The molecule has 1 saturated carbocycles. The third-order valence-electron chi connectivity index (χ3n) is 7.54. The lowest BCUT2D eigenvalue weighted by molar-refractivity contribution is -0.120. The third-order valence-corrected chi connectivity index (χ3v) is 7.77. The third kappa shape index (κ3) is 6.08. The van der Waals surface area contributed by atoms with E-state index in [9.17, 15) is 14.4 Å². The second-order valence-corrected chi connectivity index (χ2v) is 10.8. The summed E-state index contributed by atoms with van der Waals surface area (Å²) in [5.41, 5.74) is 9.38. The predicted octanol–water partition coefficient (Wildman–Crippen LogP) is 4.72. The number of ether oxygens (including phenoxy) is 2. The van der Waals surface area contributed by atoms with Crippen molar-refractivity contribution in [2.45, 2.75) is 57.5 Å². The molecular weight excluding hydrogens is 518 g/mol. The Hall–Kier alpha value is -3.46. The molecule has 1 aliphatic heterocycles. The number of nitrogens with two attached hydrogens (primary N) is 1. The Morgan fingerprint density at radius 2 is 1.85 bits per heavy atom. The van der Waals surface area contributed by atoms with Crippen LogP contribution in [0.5, 0.6) is 0 Å². The molecule has 3 aromatic rings. The summed E-state index contributed by atoms with van der Waals surface area (Å²) in [6.45, 7) is 2.31. The standard InChI is InChI=1S/C30H32ClN3O5/c1-17-11-20-5-8-22(31)12-24(20)25-13-28(35)34(15-21(25)16-39-17)26(14-27(38-2)18-3-4-18)30(37)33-23-9-6-19(7-10-23)29(32)36/h5-10,12-13,15,17-18,26-27H,3-4,11,14,16H2,1-2H3,(H2,32,36)(H,33,37)/t17-,26+,27-/m1/s1. The van der Waals surface area contributed by atoms with Gasteiger partial charge in [-0.3, -0.25) is 14.4 Å². The molecule has 9 heteroatoms. The van der Waals surface area contributed by atoms with Gasteiger partial charge in [-0.2, -0.15) is 0 Å². The van der Waals surface area contributed by atoms with Crippen molar-refractivity contribution < 1.29 is 19.1 Å². The van der Waals surface area contributed by atoms with Crippen molar-refractivity contribution in [2.75, 3.05) is 12.4 Å². The van der Waals surface area contributed by atoms with Gasteiger partial charge in [-0.05, 0) is 85.2 Å². The number of rotatable bonds is 8. The normalized spacial score (nSPS) is 18.2. The van der Waals surface area contributed by atoms with Crippen LogP contribution in [0.3, 0.4) is 0 Å². The number of pyridine rings is 1. The minimum Gasteiger partial charge on any atom is -0.381 e. The quantitative estimate of drug-likeness (QED) is 0.422. The van der Waals surface area contributed by atoms with E-state index in [2.05, 4.69) is 5.32 Å². The second-order valence-electron chi connectivity index (χ2n) is 10.4. The molecule has 3 N–H and O–H groups in total. The first-order valence-corrected chi connectivity index (χ1v) is 13.5. The minimum absolute atomic E-state index is 0.0336. The van der Waals surface area contributed by atoms with Crippen LogP contribution < -0.4 is 16.6 Å². The number of anilines is 1. The SMILES string of the molecule is CO[C@H](C[C@@H](C(=O)Nc1ccc(C(N)=O)cc1)n1cc2c(cc1=O)-c1cc(Cl)ccc1C[C@@H](C)OC2)C1CC1. The van der Waals surface area contributed by atoms with Crippen molar-refractivity contribution in [3.8, 4) is 11.1 Å². The van der Waals surface area contributed by atoms with Gasteiger partial charge in [-0.25, -0.2) is 0 Å². The zero-order valence-corrected chi connectivity index (χ0v) is 22.7. The number of aromatic nitrogens is 1. The van der Waals surface area contributed by atoms with Crippen molar-refractivity contribution in [3.05, 3.63) is 86.8 Å². The van der Waals surface area contributed by atoms with Crippen LogP contribution in [0.2, 0.25) is 5.02 Å². The van der Waals surface area contributed by atoms with Gasteiger partial charge in [0.05, 0.1) is 18.8 Å². The van der Waals surface area contributed by atoms with Crippen molar-refractivity contribution in [2.24, 2.45) is 11.7 Å². The van der Waals surface area contributed by atoms with Gasteiger partial charge >= 0.3 is 0 Å². The van der Waals surface area contributed by atoms with E-state index in [1.807, 2.05) is 25.1 Å². The van der Waals surface area contributed by atoms with Crippen LogP contribution >= 0.6 is 11.6 Å². The highest BCUT2D eigenvalue weighted by Crippen LogP contribution is 2.38. The molecule has 2 aliphatic rings. The van der Waals surface area contributed by atoms with Gasteiger partial charge in [-0.15, -0.1) is 0 Å². The Morgan fingerprint density at radius 1 is 1.13 bits per heavy atom. The molecule has 0 spiro atoms. The van der Waals surface area contributed by atoms with Gasteiger partial charge in [0, 0.05) is 47.6 Å². The van der Waals surface area contributed by atoms with E-state index in [0.29, 0.717) is 41.6 Å². The number of primary amides is 1. The number of benzene rings is 2. The molecule has 204 valence electrons. The number of carbonyl (C=O) groups is 2. The summed E-state index contributed by atoms with van der Waals surface area (Å²) in [7, 11) is 1.64. The molecule has 1 fully saturated rings. The number of hydrogen-bond donors (Lipinski definition) is 2. The first-order chi connectivity index (χ1) is 18.7. The molecule has 0 unspecified atom stereocenters. The molecule has 8 nitrogen and oxygen atoms in total. The average molecular weight is 550 g/mol. The molecular formula is C30H32ClN3O5. The van der Waals surface area contributed by atoms with E-state index >= 15 is 0 Å². The molecule has 1 aromatic heterocycles. The van der Waals surface area contributed by atoms with Crippen molar-refractivity contribution in [1.82, 2.24) is 4.57 Å². The van der Waals surface area contributed by atoms with E-state index in [1.165, 1.54) is 4.57 Å². The molecule has 5 rings (SSSR count). The number of halogens is 1. The molecule has 39 heavy (non-hydrogen) atoms. The van der Waals surface area contributed by atoms with Gasteiger partial charge in [0.15, 0.2) is 0 Å². The molecule has 0 saturated heterocycles. The molecule has 0 radical (unpaired) electrons. The first-order valence-electron chi connectivity index (χ1n) is 13.1. The van der Waals surface area contributed by atoms with Crippen LogP contribution in [0.25, 0.3) is 11.1 Å². The number of methoxy groups -OCH3 is 1. The Morgan fingerprint density at radius 3 is 2.51 bits per heavy atom. The number of carbonyl (C=O) groups excluding carboxylic acids is 2. The topological polar surface area (TPSA) is 113 Å². The Balaban J connectivity index is 1.54. The highest BCUT2D eigenvalue weighted by molar-refractivity contribution is 6.30. The second kappa shape index (κ2) is 11.3. The number of amides is 2. The Bertz CT molecular complexity index is 1450. The maximum Gasteiger partial charge on any atom is 0.251 e.